The Morgan fingerprint density at radius 1 is 0.875 bits per heavy atom. The molecule has 3 heterocycles. The van der Waals surface area contributed by atoms with Crippen LogP contribution in [-0.2, 0) is 14.1 Å². The second-order valence-corrected chi connectivity index (χ2v) is 6.31. The third kappa shape index (κ3) is 2.01. The molecule has 0 spiro atoms. The maximum Gasteiger partial charge on any atom is 0.289 e. The van der Waals surface area contributed by atoms with Crippen molar-refractivity contribution in [2.24, 2.45) is 14.1 Å². The summed E-state index contributed by atoms with van der Waals surface area (Å²) in [5.41, 5.74) is 2.51. The van der Waals surface area contributed by atoms with Gasteiger partial charge in [-0.1, -0.05) is 16.8 Å². The Kier molecular flexibility index (Phi) is 3.30. The van der Waals surface area contributed by atoms with E-state index < -0.39 is 0 Å². The van der Waals surface area contributed by atoms with E-state index in [9.17, 15) is 0 Å². The average Bonchev–Trinajstić information content (AvgIpc) is 3.11. The molecule has 0 aliphatic carbocycles. The first-order chi connectivity index (χ1) is 11.6. The number of nitrogens with zero attached hydrogens (tertiary/aromatic N) is 5. The van der Waals surface area contributed by atoms with E-state index in [0.29, 0.717) is 0 Å². The molecule has 1 atom stereocenters. The molecule has 3 aromatic rings. The Labute approximate surface area is 142 Å². The highest BCUT2D eigenvalue weighted by Gasteiger charge is 2.37. The minimum atomic E-state index is 0.266. The van der Waals surface area contributed by atoms with Gasteiger partial charge in [0.25, 0.3) is 5.82 Å². The Hall–Kier alpha value is -2.82. The second kappa shape index (κ2) is 5.37. The van der Waals surface area contributed by atoms with Gasteiger partial charge in [-0.15, -0.1) is 0 Å². The van der Waals surface area contributed by atoms with Gasteiger partial charge in [-0.3, -0.25) is 0 Å². The molecule has 122 valence electrons. The molecular weight excluding hydrogens is 298 g/mol. The number of anilines is 3. The van der Waals surface area contributed by atoms with Crippen LogP contribution in [0.3, 0.4) is 0 Å². The minimum Gasteiger partial charge on any atom is -0.339 e. The molecule has 1 aromatic carbocycles. The van der Waals surface area contributed by atoms with Crippen LogP contribution in [-0.4, -0.2) is 17.9 Å². The number of para-hydroxylation sites is 2. The third-order valence-corrected chi connectivity index (χ3v) is 4.98. The van der Waals surface area contributed by atoms with Crippen LogP contribution in [0, 0.1) is 0 Å². The monoisotopic (exact) mass is 321 g/mol. The van der Waals surface area contributed by atoms with Crippen molar-refractivity contribution in [1.82, 2.24) is 4.68 Å². The van der Waals surface area contributed by atoms with Gasteiger partial charge in [0.1, 0.15) is 11.9 Å². The normalized spacial score (nSPS) is 16.6. The Balaban J connectivity index is 1.88. The van der Waals surface area contributed by atoms with E-state index in [-0.39, 0.29) is 6.17 Å². The minimum absolute atomic E-state index is 0.266. The quantitative estimate of drug-likeness (QED) is 0.673. The summed E-state index contributed by atoms with van der Waals surface area (Å²) < 4.78 is 6.46. The standard InChI is InChI=1S/C19H23N5/c1-15-21(3)16-9-5-6-10-17(16)24(15)19-12-7-11-18(22(19)4)23-14-8-13-20(23)2/h5-15H,1-4H3/q+2/t15-/m0/s1. The molecule has 5 nitrogen and oxygen atoms in total. The molecule has 5 heteroatoms. The first-order valence-corrected chi connectivity index (χ1v) is 8.23. The van der Waals surface area contributed by atoms with E-state index in [2.05, 4.69) is 93.4 Å². The van der Waals surface area contributed by atoms with E-state index in [1.807, 2.05) is 19.3 Å². The lowest BCUT2D eigenvalue weighted by Crippen LogP contribution is -2.48. The Bertz CT molecular complexity index is 898. The van der Waals surface area contributed by atoms with Crippen LogP contribution in [0.1, 0.15) is 6.92 Å². The first kappa shape index (κ1) is 14.8. The van der Waals surface area contributed by atoms with Crippen molar-refractivity contribution in [3.63, 3.8) is 0 Å². The van der Waals surface area contributed by atoms with Crippen molar-refractivity contribution >= 4 is 17.2 Å². The predicted octanol–water partition coefficient (Wildman–Crippen LogP) is 2.06. The van der Waals surface area contributed by atoms with Crippen LogP contribution in [0.2, 0.25) is 0 Å². The van der Waals surface area contributed by atoms with E-state index in [4.69, 9.17) is 0 Å². The summed E-state index contributed by atoms with van der Waals surface area (Å²) in [7, 11) is 6.33. The van der Waals surface area contributed by atoms with Gasteiger partial charge in [-0.05, 0) is 29.8 Å². The van der Waals surface area contributed by atoms with Gasteiger partial charge in [-0.2, -0.15) is 0 Å². The SMILES string of the molecule is C[C@H]1N(C)c2ccccc2N1c1cccc(-n2ccc[n+]2C)[n+]1C. The number of hydrogen-bond acceptors (Lipinski definition) is 2. The number of benzene rings is 1. The summed E-state index contributed by atoms with van der Waals surface area (Å²) >= 11 is 0. The van der Waals surface area contributed by atoms with Crippen LogP contribution in [0.5, 0.6) is 0 Å². The molecule has 1 aliphatic heterocycles. The molecule has 0 bridgehead atoms. The van der Waals surface area contributed by atoms with E-state index in [1.165, 1.54) is 17.2 Å². The molecule has 0 radical (unpaired) electrons. The van der Waals surface area contributed by atoms with Crippen molar-refractivity contribution < 1.29 is 9.25 Å². The van der Waals surface area contributed by atoms with Gasteiger partial charge in [0.05, 0.1) is 12.7 Å². The topological polar surface area (TPSA) is 19.2 Å². The van der Waals surface area contributed by atoms with Gasteiger partial charge < -0.3 is 4.90 Å². The summed E-state index contributed by atoms with van der Waals surface area (Å²) in [5.74, 6) is 2.30. The number of pyridine rings is 1. The molecule has 2 aromatic heterocycles. The second-order valence-electron chi connectivity index (χ2n) is 6.31. The van der Waals surface area contributed by atoms with Crippen LogP contribution in [0.15, 0.2) is 60.9 Å². The van der Waals surface area contributed by atoms with Crippen molar-refractivity contribution in [3.05, 3.63) is 60.9 Å². The zero-order valence-electron chi connectivity index (χ0n) is 14.6. The Morgan fingerprint density at radius 2 is 1.58 bits per heavy atom. The fraction of sp³-hybridized carbons (Fsp3) is 0.263. The lowest BCUT2D eigenvalue weighted by molar-refractivity contribution is -0.763. The number of aromatic nitrogens is 3. The molecule has 4 rings (SSSR count). The van der Waals surface area contributed by atoms with E-state index >= 15 is 0 Å². The zero-order chi connectivity index (χ0) is 16.8. The third-order valence-electron chi connectivity index (χ3n) is 4.98. The summed E-state index contributed by atoms with van der Waals surface area (Å²) in [5, 5.41) is 0. The van der Waals surface area contributed by atoms with Crippen LogP contribution < -0.4 is 19.0 Å². The molecule has 0 fully saturated rings. The maximum absolute atomic E-state index is 2.39. The van der Waals surface area contributed by atoms with Gasteiger partial charge in [0.2, 0.25) is 12.0 Å². The lowest BCUT2D eigenvalue weighted by atomic mass is 10.2. The van der Waals surface area contributed by atoms with Gasteiger partial charge in [0.15, 0.2) is 13.2 Å². The van der Waals surface area contributed by atoms with Crippen LogP contribution in [0.25, 0.3) is 5.82 Å². The fourth-order valence-electron chi connectivity index (χ4n) is 3.55. The van der Waals surface area contributed by atoms with E-state index in [0.717, 1.165) is 5.82 Å². The Morgan fingerprint density at radius 3 is 2.29 bits per heavy atom. The molecule has 1 aliphatic rings. The number of fused-ring (bicyclic) bond motifs is 1. The highest BCUT2D eigenvalue weighted by Crippen LogP contribution is 2.41. The highest BCUT2D eigenvalue weighted by atomic mass is 15.5. The lowest BCUT2D eigenvalue weighted by Gasteiger charge is -2.24. The molecule has 24 heavy (non-hydrogen) atoms. The molecule has 0 unspecified atom stereocenters. The summed E-state index contributed by atoms with van der Waals surface area (Å²) in [6, 6.07) is 17.1. The van der Waals surface area contributed by atoms with Crippen LogP contribution in [0.4, 0.5) is 17.2 Å². The molecule has 0 amide bonds. The predicted molar refractivity (Wildman–Crippen MR) is 94.6 cm³/mol. The van der Waals surface area contributed by atoms with E-state index in [1.54, 1.807) is 0 Å². The van der Waals surface area contributed by atoms with Crippen molar-refractivity contribution in [1.29, 1.82) is 0 Å². The van der Waals surface area contributed by atoms with Crippen molar-refractivity contribution in [3.8, 4) is 5.82 Å². The fourth-order valence-corrected chi connectivity index (χ4v) is 3.55. The smallest absolute Gasteiger partial charge is 0.289 e. The molecule has 0 N–H and O–H groups in total. The van der Waals surface area contributed by atoms with Gasteiger partial charge in [0, 0.05) is 25.2 Å². The number of aryl methyl sites for hydroxylation is 1. The summed E-state index contributed by atoms with van der Waals surface area (Å²) in [4.78, 5) is 4.71. The maximum atomic E-state index is 2.39. The zero-order valence-corrected chi connectivity index (χ0v) is 14.6. The van der Waals surface area contributed by atoms with Gasteiger partial charge >= 0.3 is 0 Å². The van der Waals surface area contributed by atoms with Crippen molar-refractivity contribution in [2.75, 3.05) is 16.8 Å². The van der Waals surface area contributed by atoms with Crippen molar-refractivity contribution in [2.45, 2.75) is 13.1 Å². The molecule has 0 saturated carbocycles. The molecular formula is C19H23N5+2. The molecule has 0 saturated heterocycles. The summed E-state index contributed by atoms with van der Waals surface area (Å²) in [6.45, 7) is 2.24. The highest BCUT2D eigenvalue weighted by molar-refractivity contribution is 5.81. The first-order valence-electron chi connectivity index (χ1n) is 8.23. The average molecular weight is 321 g/mol. The number of hydrogen-bond donors (Lipinski definition) is 0. The van der Waals surface area contributed by atoms with Crippen LogP contribution >= 0.6 is 0 Å². The number of rotatable bonds is 2. The van der Waals surface area contributed by atoms with Gasteiger partial charge in [-0.25, -0.2) is 9.47 Å². The summed E-state index contributed by atoms with van der Waals surface area (Å²) in [6.07, 6.45) is 4.39. The largest absolute Gasteiger partial charge is 0.339 e.